The number of rotatable bonds is 3. The Labute approximate surface area is 98.6 Å². The Morgan fingerprint density at radius 1 is 1.47 bits per heavy atom. The fourth-order valence-electron chi connectivity index (χ4n) is 1.04. The largest absolute Gasteiger partial charge is 0.298 e. The van der Waals surface area contributed by atoms with Crippen LogP contribution in [0.3, 0.4) is 0 Å². The number of nitrogens with zero attached hydrogens (tertiary/aromatic N) is 2. The molecule has 0 atom stereocenters. The van der Waals surface area contributed by atoms with Crippen molar-refractivity contribution in [1.29, 1.82) is 0 Å². The topological polar surface area (TPSA) is 58.6 Å². The van der Waals surface area contributed by atoms with Gasteiger partial charge in [-0.25, -0.2) is 4.98 Å². The average molecular weight is 284 g/mol. The van der Waals surface area contributed by atoms with Crippen LogP contribution in [0.25, 0.3) is 0 Å². The summed E-state index contributed by atoms with van der Waals surface area (Å²) in [5, 5.41) is 7.13. The SMILES string of the molecule is O=Cc1ccc(Br)cc1Sc1ncn[nH]1. The van der Waals surface area contributed by atoms with Crippen LogP contribution in [0.4, 0.5) is 0 Å². The fraction of sp³-hybridized carbons (Fsp3) is 0. The van der Waals surface area contributed by atoms with Gasteiger partial charge in [-0.05, 0) is 30.0 Å². The van der Waals surface area contributed by atoms with Crippen LogP contribution in [0.5, 0.6) is 0 Å². The Hall–Kier alpha value is -1.14. The number of aldehydes is 1. The maximum atomic E-state index is 10.8. The summed E-state index contributed by atoms with van der Waals surface area (Å²) in [5.41, 5.74) is 0.639. The first-order valence-electron chi connectivity index (χ1n) is 4.07. The number of hydrogen-bond acceptors (Lipinski definition) is 4. The molecule has 0 amide bonds. The molecule has 1 aromatic carbocycles. The number of hydrogen-bond donors (Lipinski definition) is 1. The maximum absolute atomic E-state index is 10.8. The highest BCUT2D eigenvalue weighted by molar-refractivity contribution is 9.10. The highest BCUT2D eigenvalue weighted by atomic mass is 79.9. The molecule has 0 aliphatic rings. The normalized spacial score (nSPS) is 10.2. The molecule has 1 heterocycles. The van der Waals surface area contributed by atoms with Crippen molar-refractivity contribution in [2.24, 2.45) is 0 Å². The van der Waals surface area contributed by atoms with E-state index in [1.807, 2.05) is 12.1 Å². The first kappa shape index (κ1) is 10.4. The van der Waals surface area contributed by atoms with E-state index in [-0.39, 0.29) is 0 Å². The van der Waals surface area contributed by atoms with Gasteiger partial charge in [0.15, 0.2) is 11.4 Å². The van der Waals surface area contributed by atoms with Gasteiger partial charge in [0.25, 0.3) is 0 Å². The lowest BCUT2D eigenvalue weighted by Gasteiger charge is -2.01. The molecule has 0 saturated carbocycles. The van der Waals surface area contributed by atoms with Gasteiger partial charge in [-0.3, -0.25) is 9.89 Å². The van der Waals surface area contributed by atoms with E-state index in [2.05, 4.69) is 31.1 Å². The molecule has 1 N–H and O–H groups in total. The van der Waals surface area contributed by atoms with Gasteiger partial charge >= 0.3 is 0 Å². The van der Waals surface area contributed by atoms with Crippen LogP contribution in [0.2, 0.25) is 0 Å². The number of carbonyl (C=O) groups is 1. The van der Waals surface area contributed by atoms with E-state index in [1.54, 1.807) is 6.07 Å². The molecule has 0 bridgehead atoms. The molecule has 6 heteroatoms. The van der Waals surface area contributed by atoms with Crippen molar-refractivity contribution in [3.8, 4) is 0 Å². The van der Waals surface area contributed by atoms with Crippen LogP contribution in [-0.4, -0.2) is 21.5 Å². The predicted octanol–water partition coefficient (Wildman–Crippen LogP) is 2.53. The van der Waals surface area contributed by atoms with Crippen LogP contribution in [0.1, 0.15) is 10.4 Å². The zero-order valence-electron chi connectivity index (χ0n) is 7.48. The minimum atomic E-state index is 0.639. The van der Waals surface area contributed by atoms with Crippen molar-refractivity contribution < 1.29 is 4.79 Å². The summed E-state index contributed by atoms with van der Waals surface area (Å²) >= 11 is 4.72. The third kappa shape index (κ3) is 2.45. The monoisotopic (exact) mass is 283 g/mol. The summed E-state index contributed by atoms with van der Waals surface area (Å²) in [7, 11) is 0. The molecule has 0 spiro atoms. The molecule has 0 aliphatic heterocycles. The molecule has 2 aromatic rings. The third-order valence-electron chi connectivity index (χ3n) is 1.70. The molecule has 1 aromatic heterocycles. The quantitative estimate of drug-likeness (QED) is 0.880. The van der Waals surface area contributed by atoms with Gasteiger partial charge in [0.1, 0.15) is 6.33 Å². The van der Waals surface area contributed by atoms with Gasteiger partial charge in [-0.1, -0.05) is 15.9 Å². The molecule has 0 fully saturated rings. The molecule has 15 heavy (non-hydrogen) atoms. The molecule has 0 aliphatic carbocycles. The molecule has 76 valence electrons. The summed E-state index contributed by atoms with van der Waals surface area (Å²) in [6.07, 6.45) is 2.26. The van der Waals surface area contributed by atoms with Gasteiger partial charge < -0.3 is 0 Å². The van der Waals surface area contributed by atoms with Crippen molar-refractivity contribution in [2.75, 3.05) is 0 Å². The van der Waals surface area contributed by atoms with Crippen molar-refractivity contribution in [3.63, 3.8) is 0 Å². The molecule has 0 saturated heterocycles. The van der Waals surface area contributed by atoms with E-state index >= 15 is 0 Å². The van der Waals surface area contributed by atoms with Crippen LogP contribution >= 0.6 is 27.7 Å². The molecule has 2 rings (SSSR count). The summed E-state index contributed by atoms with van der Waals surface area (Å²) < 4.78 is 0.926. The lowest BCUT2D eigenvalue weighted by atomic mass is 10.2. The van der Waals surface area contributed by atoms with E-state index < -0.39 is 0 Å². The second kappa shape index (κ2) is 4.59. The van der Waals surface area contributed by atoms with Gasteiger partial charge in [0.05, 0.1) is 0 Å². The molecule has 4 nitrogen and oxygen atoms in total. The zero-order valence-corrected chi connectivity index (χ0v) is 9.88. The van der Waals surface area contributed by atoms with Crippen molar-refractivity contribution in [2.45, 2.75) is 10.1 Å². The van der Waals surface area contributed by atoms with E-state index in [9.17, 15) is 4.79 Å². The summed E-state index contributed by atoms with van der Waals surface area (Å²) in [5.74, 6) is 0. The second-order valence-corrected chi connectivity index (χ2v) is 4.64. The molecule has 0 unspecified atom stereocenters. The standard InChI is InChI=1S/C9H6BrN3OS/c10-7-2-1-6(4-14)8(3-7)15-9-11-5-12-13-9/h1-5H,(H,11,12,13). The second-order valence-electron chi connectivity index (χ2n) is 2.69. The van der Waals surface area contributed by atoms with Crippen molar-refractivity contribution in [3.05, 3.63) is 34.6 Å². The Bertz CT molecular complexity index is 472. The molecular weight excluding hydrogens is 278 g/mol. The van der Waals surface area contributed by atoms with Crippen LogP contribution in [-0.2, 0) is 0 Å². The van der Waals surface area contributed by atoms with Gasteiger partial charge in [0, 0.05) is 14.9 Å². The Morgan fingerprint density at radius 2 is 2.33 bits per heavy atom. The van der Waals surface area contributed by atoms with E-state index in [0.29, 0.717) is 10.7 Å². The summed E-state index contributed by atoms with van der Waals surface area (Å²) in [4.78, 5) is 15.6. The highest BCUT2D eigenvalue weighted by Gasteiger charge is 2.06. The minimum Gasteiger partial charge on any atom is -0.298 e. The van der Waals surface area contributed by atoms with E-state index in [1.165, 1.54) is 18.1 Å². The highest BCUT2D eigenvalue weighted by Crippen LogP contribution is 2.29. The molecular formula is C9H6BrN3OS. The minimum absolute atomic E-state index is 0.639. The summed E-state index contributed by atoms with van der Waals surface area (Å²) in [6.45, 7) is 0. The first-order valence-corrected chi connectivity index (χ1v) is 5.68. The number of aromatic nitrogens is 3. The van der Waals surface area contributed by atoms with Gasteiger partial charge in [-0.15, -0.1) is 0 Å². The Kier molecular flexibility index (Phi) is 3.17. The van der Waals surface area contributed by atoms with Crippen molar-refractivity contribution in [1.82, 2.24) is 15.2 Å². The average Bonchev–Trinajstić information content (AvgIpc) is 2.71. The fourth-order valence-corrected chi connectivity index (χ4v) is 2.38. The van der Waals surface area contributed by atoms with E-state index in [4.69, 9.17) is 0 Å². The third-order valence-corrected chi connectivity index (χ3v) is 3.16. The van der Waals surface area contributed by atoms with Crippen LogP contribution in [0.15, 0.2) is 39.1 Å². The first-order chi connectivity index (χ1) is 7.29. The number of benzene rings is 1. The lowest BCUT2D eigenvalue weighted by molar-refractivity contribution is 0.112. The van der Waals surface area contributed by atoms with Gasteiger partial charge in [-0.2, -0.15) is 5.10 Å². The van der Waals surface area contributed by atoms with Crippen LogP contribution < -0.4 is 0 Å². The van der Waals surface area contributed by atoms with Crippen molar-refractivity contribution >= 4 is 34.0 Å². The Balaban J connectivity index is 2.34. The van der Waals surface area contributed by atoms with Crippen LogP contribution in [0, 0.1) is 0 Å². The predicted molar refractivity (Wildman–Crippen MR) is 60.0 cm³/mol. The van der Waals surface area contributed by atoms with E-state index in [0.717, 1.165) is 15.7 Å². The maximum Gasteiger partial charge on any atom is 0.188 e. The number of nitrogens with one attached hydrogen (secondary N) is 1. The van der Waals surface area contributed by atoms with Gasteiger partial charge in [0.2, 0.25) is 0 Å². The smallest absolute Gasteiger partial charge is 0.188 e. The zero-order chi connectivity index (χ0) is 10.7. The lowest BCUT2D eigenvalue weighted by Crippen LogP contribution is -1.86. The Morgan fingerprint density at radius 3 is 3.00 bits per heavy atom. The number of H-pyrrole nitrogens is 1. The number of carbonyl (C=O) groups excluding carboxylic acids is 1. The summed E-state index contributed by atoms with van der Waals surface area (Å²) in [6, 6.07) is 5.46. The molecule has 0 radical (unpaired) electrons. The number of aromatic amines is 1. The number of halogens is 1.